The molecular formula is C79H86F10N18O7. The van der Waals surface area contributed by atoms with E-state index in [0.29, 0.717) is 60.7 Å². The van der Waals surface area contributed by atoms with Crippen molar-refractivity contribution in [3.63, 3.8) is 0 Å². The van der Waals surface area contributed by atoms with Crippen molar-refractivity contribution in [2.24, 2.45) is 17.2 Å². The van der Waals surface area contributed by atoms with Gasteiger partial charge in [0.15, 0.2) is 0 Å². The number of anilines is 3. The van der Waals surface area contributed by atoms with Gasteiger partial charge in [0.05, 0.1) is 38.9 Å². The zero-order valence-electron chi connectivity index (χ0n) is 63.0. The highest BCUT2D eigenvalue weighted by Gasteiger charge is 2.54. The number of nitrogen functional groups attached to an aromatic ring is 3. The number of carbonyl (C=O) groups is 6. The first-order valence-electron chi connectivity index (χ1n) is 36.4. The average Bonchev–Trinajstić information content (AvgIpc) is 1.57. The van der Waals surface area contributed by atoms with Crippen LogP contribution in [-0.4, -0.2) is 168 Å². The van der Waals surface area contributed by atoms with Gasteiger partial charge in [-0.1, -0.05) is 85.8 Å². The fourth-order valence-corrected chi connectivity index (χ4v) is 14.2. The van der Waals surface area contributed by atoms with Gasteiger partial charge >= 0.3 is 0 Å². The van der Waals surface area contributed by atoms with Crippen LogP contribution in [0, 0.1) is 44.0 Å². The van der Waals surface area contributed by atoms with Gasteiger partial charge in [0.25, 0.3) is 53.2 Å². The van der Waals surface area contributed by atoms with Crippen molar-refractivity contribution >= 4 is 52.9 Å². The van der Waals surface area contributed by atoms with Crippen molar-refractivity contribution in [3.05, 3.63) is 211 Å². The number of aromatic nitrogens is 6. The van der Waals surface area contributed by atoms with Gasteiger partial charge in [-0.15, -0.1) is 0 Å². The fraction of sp³-hybridized carbons (Fsp3) is 0.354. The second-order valence-electron chi connectivity index (χ2n) is 28.8. The van der Waals surface area contributed by atoms with Crippen LogP contribution in [0.1, 0.15) is 147 Å². The van der Waals surface area contributed by atoms with E-state index in [2.05, 4.69) is 31.2 Å². The van der Waals surface area contributed by atoms with Gasteiger partial charge in [0.1, 0.15) is 92.6 Å². The van der Waals surface area contributed by atoms with Crippen LogP contribution in [0.5, 0.6) is 0 Å². The van der Waals surface area contributed by atoms with Gasteiger partial charge in [-0.2, -0.15) is 15.3 Å². The Bertz CT molecular complexity index is 5130. The quantitative estimate of drug-likeness (QED) is 0.0302. The summed E-state index contributed by atoms with van der Waals surface area (Å²) in [6, 6.07) is 24.7. The van der Waals surface area contributed by atoms with Gasteiger partial charge in [-0.3, -0.25) is 43.5 Å². The summed E-state index contributed by atoms with van der Waals surface area (Å²) in [5.41, 5.74) is 39.6. The number of likely N-dealkylation sites (tertiary alicyclic amines) is 3. The van der Waals surface area contributed by atoms with E-state index in [1.807, 2.05) is 20.8 Å². The maximum atomic E-state index is 15.1. The SMILES string of the molecule is CCN1CCC(n2nc(-c3ccc(CNC(=O)c4cc(F)ccc4C)cc3)c(C(N)=O)c2N)C(F)(F)C1.Cc1ccc(F)cc1C(=O)NCc1ccc(-c2nn(C3CCN(C(C)C)CC3(F)F)c(N)c2C(N)=O)cc1.Cc1ccc(F)cc1C(=O)NCc1ccc(-c2nn(C3CN(C4COC4)CC3(F)F)c(N)c2C(N)=O)cc1F. The van der Waals surface area contributed by atoms with Crippen LogP contribution >= 0.6 is 0 Å². The highest BCUT2D eigenvalue weighted by Crippen LogP contribution is 2.45. The van der Waals surface area contributed by atoms with Crippen LogP contribution in [0.3, 0.4) is 0 Å². The van der Waals surface area contributed by atoms with E-state index in [9.17, 15) is 59.5 Å². The second-order valence-corrected chi connectivity index (χ2v) is 28.8. The molecule has 4 aliphatic rings. The first-order chi connectivity index (χ1) is 53.9. The minimum absolute atomic E-state index is 0.0327. The normalized spacial score (nSPS) is 18.1. The Balaban J connectivity index is 0.000000169. The van der Waals surface area contributed by atoms with Crippen LogP contribution in [0.15, 0.2) is 121 Å². The minimum Gasteiger partial charge on any atom is -0.383 e. The van der Waals surface area contributed by atoms with Crippen molar-refractivity contribution in [1.29, 1.82) is 0 Å². The zero-order valence-corrected chi connectivity index (χ0v) is 63.0. The number of primary amides is 3. The molecule has 15 N–H and O–H groups in total. The molecule has 0 radical (unpaired) electrons. The van der Waals surface area contributed by atoms with Crippen molar-refractivity contribution in [3.8, 4) is 33.8 Å². The van der Waals surface area contributed by atoms with Crippen LogP contribution in [-0.2, 0) is 24.4 Å². The summed E-state index contributed by atoms with van der Waals surface area (Å²) in [4.78, 5) is 79.1. The Kier molecular flexibility index (Phi) is 24.8. The number of benzene rings is 6. The average molecular weight is 1590 g/mol. The zero-order chi connectivity index (χ0) is 82.7. The summed E-state index contributed by atoms with van der Waals surface area (Å²) in [7, 11) is 0. The number of hydrogen-bond acceptors (Lipinski definition) is 16. The number of rotatable bonds is 21. The third-order valence-corrected chi connectivity index (χ3v) is 20.8. The molecule has 6 aromatic carbocycles. The van der Waals surface area contributed by atoms with E-state index < -0.39 is 114 Å². The van der Waals surface area contributed by atoms with Gasteiger partial charge in [-0.05, 0) is 124 Å². The maximum Gasteiger partial charge on any atom is 0.283 e. The van der Waals surface area contributed by atoms with Crippen LogP contribution in [0.2, 0.25) is 0 Å². The van der Waals surface area contributed by atoms with Gasteiger partial charge < -0.3 is 55.1 Å². The molecule has 7 heterocycles. The number of ether oxygens (including phenoxy) is 1. The van der Waals surface area contributed by atoms with Crippen molar-refractivity contribution in [2.75, 3.05) is 76.2 Å². The second kappa shape index (κ2) is 33.9. The van der Waals surface area contributed by atoms with E-state index in [0.717, 1.165) is 37.3 Å². The van der Waals surface area contributed by atoms with Gasteiger partial charge in [0.2, 0.25) is 0 Å². The van der Waals surface area contributed by atoms with E-state index in [4.69, 9.17) is 39.1 Å². The lowest BCUT2D eigenvalue weighted by molar-refractivity contribution is -0.112. The Morgan fingerprint density at radius 2 is 0.868 bits per heavy atom. The third-order valence-electron chi connectivity index (χ3n) is 20.8. The number of amides is 6. The Morgan fingerprint density at radius 3 is 1.24 bits per heavy atom. The molecule has 3 aromatic heterocycles. The Morgan fingerprint density at radius 1 is 0.491 bits per heavy atom. The molecule has 114 heavy (non-hydrogen) atoms. The van der Waals surface area contributed by atoms with E-state index >= 15 is 13.2 Å². The summed E-state index contributed by atoms with van der Waals surface area (Å²) < 4.78 is 154. The largest absolute Gasteiger partial charge is 0.383 e. The lowest BCUT2D eigenvalue weighted by atomic mass is 9.99. The number of nitrogens with two attached hydrogens (primary N) is 6. The molecule has 4 saturated heterocycles. The van der Waals surface area contributed by atoms with Crippen molar-refractivity contribution in [1.82, 2.24) is 60.0 Å². The molecule has 25 nitrogen and oxygen atoms in total. The van der Waals surface area contributed by atoms with E-state index in [-0.39, 0.29) is 130 Å². The molecular weight excluding hydrogens is 1500 g/mol. The number of carbonyl (C=O) groups excluding carboxylic acids is 6. The first-order valence-corrected chi connectivity index (χ1v) is 36.4. The lowest BCUT2D eigenvalue weighted by Gasteiger charge is -2.40. The topological polar surface area (TPSA) is 367 Å². The molecule has 0 aliphatic carbocycles. The summed E-state index contributed by atoms with van der Waals surface area (Å²) in [6.07, 6.45) is 0.228. The summed E-state index contributed by atoms with van der Waals surface area (Å²) in [5.74, 6) is -16.6. The van der Waals surface area contributed by atoms with Crippen molar-refractivity contribution < 1.29 is 77.4 Å². The molecule has 604 valence electrons. The molecule has 0 bridgehead atoms. The smallest absolute Gasteiger partial charge is 0.283 e. The van der Waals surface area contributed by atoms with Gasteiger partial charge in [-0.25, -0.2) is 57.9 Å². The first kappa shape index (κ1) is 83.3. The Hall–Kier alpha value is -11.7. The molecule has 0 saturated carbocycles. The minimum atomic E-state index is -3.20. The predicted octanol–water partition coefficient (Wildman–Crippen LogP) is 10.0. The maximum absolute atomic E-state index is 15.1. The van der Waals surface area contributed by atoms with E-state index in [1.165, 1.54) is 60.7 Å². The molecule has 35 heteroatoms. The Labute approximate surface area is 648 Å². The lowest BCUT2D eigenvalue weighted by Crippen LogP contribution is -2.51. The fourth-order valence-electron chi connectivity index (χ4n) is 14.2. The van der Waals surface area contributed by atoms with Crippen molar-refractivity contribution in [2.45, 2.75) is 122 Å². The molecule has 13 rings (SSSR count). The predicted molar refractivity (Wildman–Crippen MR) is 405 cm³/mol. The molecule has 0 spiro atoms. The number of alkyl halides is 6. The number of nitrogens with one attached hydrogen (secondary N) is 3. The molecule has 3 unspecified atom stereocenters. The number of piperidine rings is 2. The van der Waals surface area contributed by atoms with E-state index in [1.54, 1.807) is 84.0 Å². The molecule has 4 aliphatic heterocycles. The standard InChI is InChI=1S/C27H31F3N6O2.C26H26F4N6O3.C26H29F3N6O2/c1-15(2)35-11-10-21(27(29,30)14-35)36-24(31)22(25(32)37)23(34-36)18-7-5-17(6-8-18)13-33-26(38)20-12-19(28)9-4-16(20)3;1-13-2-5-16(27)7-18(13)25(38)33-8-15-4-3-14(6-19(15)28)22-21(24(32)37)23(31)36(34-22)20-9-35(12-26(20,29)30)17-10-39-11-17;1-3-34-11-10-20(26(28,29)14-34)35-23(30)21(24(31)36)22(33-35)17-7-5-16(6-8-17)13-32-25(37)19-12-18(27)9-4-15(19)2/h4-9,12,15,21H,10-11,13-14,31H2,1-3H3,(H2,32,37)(H,33,38);2-7,17,20H,8-12,31H2,1H3,(H2,32,37)(H,33,38);4-9,12,20H,3,10-11,13-14,30H2,1-2H3,(H2,31,36)(H,32,37). The molecule has 4 fully saturated rings. The molecule has 9 aromatic rings. The van der Waals surface area contributed by atoms with Crippen LogP contribution < -0.4 is 50.4 Å². The summed E-state index contributed by atoms with van der Waals surface area (Å²) in [5, 5.41) is 20.9. The number of nitrogens with zero attached hydrogens (tertiary/aromatic N) is 9. The highest BCUT2D eigenvalue weighted by atomic mass is 19.3. The van der Waals surface area contributed by atoms with Crippen LogP contribution in [0.4, 0.5) is 61.4 Å². The van der Waals surface area contributed by atoms with Gasteiger partial charge in [0, 0.05) is 84.3 Å². The number of aryl methyl sites for hydroxylation is 3. The number of halogens is 10. The summed E-state index contributed by atoms with van der Waals surface area (Å²) >= 11 is 0. The molecule has 3 atom stereocenters. The number of hydrogen-bond donors (Lipinski definition) is 9. The monoisotopic (exact) mass is 1590 g/mol. The third kappa shape index (κ3) is 18.0. The van der Waals surface area contributed by atoms with Crippen LogP contribution in [0.25, 0.3) is 33.8 Å². The summed E-state index contributed by atoms with van der Waals surface area (Å²) in [6.45, 7) is 11.4. The highest BCUT2D eigenvalue weighted by molar-refractivity contribution is 6.05. The molecule has 6 amide bonds.